The maximum atomic E-state index is 12.1. The third-order valence-electron chi connectivity index (χ3n) is 3.54. The first-order chi connectivity index (χ1) is 10.3. The van der Waals surface area contributed by atoms with Gasteiger partial charge in [-0.25, -0.2) is 4.99 Å². The Labute approximate surface area is 133 Å². The number of nitrogens with zero attached hydrogens (tertiary/aromatic N) is 3. The van der Waals surface area contributed by atoms with Crippen LogP contribution in [-0.4, -0.2) is 33.2 Å². The molecular formula is C15H19N3O3S. The summed E-state index contributed by atoms with van der Waals surface area (Å²) in [6, 6.07) is 4.39. The van der Waals surface area contributed by atoms with Gasteiger partial charge in [-0.15, -0.1) is 0 Å². The lowest BCUT2D eigenvalue weighted by molar-refractivity contribution is -0.384. The number of non-ortho nitro benzene ring substituents is 1. The number of aliphatic imine (C=N–C) groups is 1. The molecule has 1 aromatic carbocycles. The summed E-state index contributed by atoms with van der Waals surface area (Å²) >= 11 is 1.14. The monoisotopic (exact) mass is 321 g/mol. The fraction of sp³-hybridized carbons (Fsp3) is 0.467. The third kappa shape index (κ3) is 3.47. The predicted octanol–water partition coefficient (Wildman–Crippen LogP) is 3.51. The zero-order valence-corrected chi connectivity index (χ0v) is 13.9. The summed E-state index contributed by atoms with van der Waals surface area (Å²) in [7, 11) is 1.87. The molecule has 1 aliphatic rings. The molecule has 6 nitrogen and oxygen atoms in total. The molecule has 1 aliphatic heterocycles. The Morgan fingerprint density at radius 3 is 2.68 bits per heavy atom. The van der Waals surface area contributed by atoms with Crippen LogP contribution in [0.15, 0.2) is 23.2 Å². The molecule has 0 aromatic heterocycles. The number of hydrogen-bond donors (Lipinski definition) is 0. The number of likely N-dealkylation sites (N-methyl/N-ethyl adjacent to an activating group) is 1. The van der Waals surface area contributed by atoms with Gasteiger partial charge in [0.05, 0.1) is 10.6 Å². The van der Waals surface area contributed by atoms with Crippen LogP contribution in [0.5, 0.6) is 0 Å². The highest BCUT2D eigenvalue weighted by Gasteiger charge is 2.35. The van der Waals surface area contributed by atoms with Crippen LogP contribution in [-0.2, 0) is 4.79 Å². The lowest BCUT2D eigenvalue weighted by Gasteiger charge is -2.20. The quantitative estimate of drug-likeness (QED) is 0.626. The number of carbonyl (C=O) groups is 1. The topological polar surface area (TPSA) is 75.8 Å². The molecule has 1 saturated heterocycles. The molecule has 1 heterocycles. The lowest BCUT2D eigenvalue weighted by atomic mass is 10.0. The molecule has 0 spiro atoms. The van der Waals surface area contributed by atoms with E-state index >= 15 is 0 Å². The number of thioether (sulfide) groups is 1. The number of hydrogen-bond acceptors (Lipinski definition) is 5. The first-order valence-electron chi connectivity index (χ1n) is 7.08. The first kappa shape index (κ1) is 16.5. The summed E-state index contributed by atoms with van der Waals surface area (Å²) in [5.74, 6) is 0.428. The van der Waals surface area contributed by atoms with Crippen LogP contribution in [0, 0.1) is 23.0 Å². The summed E-state index contributed by atoms with van der Waals surface area (Å²) in [4.78, 5) is 28.8. The Kier molecular flexibility index (Phi) is 4.85. The average molecular weight is 321 g/mol. The van der Waals surface area contributed by atoms with Crippen LogP contribution in [0.3, 0.4) is 0 Å². The van der Waals surface area contributed by atoms with Crippen molar-refractivity contribution in [1.82, 2.24) is 4.90 Å². The molecule has 22 heavy (non-hydrogen) atoms. The molecule has 0 bridgehead atoms. The first-order valence-corrected chi connectivity index (χ1v) is 7.89. The van der Waals surface area contributed by atoms with Crippen molar-refractivity contribution < 1.29 is 9.72 Å². The number of benzene rings is 1. The summed E-state index contributed by atoms with van der Waals surface area (Å²) < 4.78 is 0. The zero-order chi connectivity index (χ0) is 16.4. The van der Waals surface area contributed by atoms with E-state index in [2.05, 4.69) is 18.8 Å². The molecule has 2 rings (SSSR count). The van der Waals surface area contributed by atoms with Gasteiger partial charge in [0.1, 0.15) is 6.04 Å². The second kappa shape index (κ2) is 6.48. The molecule has 7 heteroatoms. The van der Waals surface area contributed by atoms with Gasteiger partial charge in [0, 0.05) is 19.2 Å². The van der Waals surface area contributed by atoms with Crippen molar-refractivity contribution in [2.45, 2.75) is 33.2 Å². The van der Waals surface area contributed by atoms with Gasteiger partial charge in [-0.1, -0.05) is 13.8 Å². The van der Waals surface area contributed by atoms with Crippen molar-refractivity contribution in [2.24, 2.45) is 10.9 Å². The number of amidine groups is 1. The van der Waals surface area contributed by atoms with E-state index in [9.17, 15) is 14.9 Å². The van der Waals surface area contributed by atoms with Crippen LogP contribution >= 0.6 is 11.8 Å². The van der Waals surface area contributed by atoms with Gasteiger partial charge in [-0.2, -0.15) is 0 Å². The van der Waals surface area contributed by atoms with E-state index in [0.29, 0.717) is 16.8 Å². The number of rotatable bonds is 4. The van der Waals surface area contributed by atoms with Crippen LogP contribution in [0.2, 0.25) is 0 Å². The fourth-order valence-electron chi connectivity index (χ4n) is 2.31. The minimum Gasteiger partial charge on any atom is -0.343 e. The van der Waals surface area contributed by atoms with Gasteiger partial charge in [-0.3, -0.25) is 14.9 Å². The Hall–Kier alpha value is -1.89. The minimum absolute atomic E-state index is 0.0441. The SMILES string of the molecule is Cc1cc([N+](=O)[O-])ccc1N=C1SC(=O)C(CC(C)C)N1C. The van der Waals surface area contributed by atoms with Crippen molar-refractivity contribution in [3.8, 4) is 0 Å². The molecule has 1 atom stereocenters. The van der Waals surface area contributed by atoms with Crippen molar-refractivity contribution in [2.75, 3.05) is 7.05 Å². The van der Waals surface area contributed by atoms with E-state index in [1.165, 1.54) is 12.1 Å². The molecule has 0 N–H and O–H groups in total. The van der Waals surface area contributed by atoms with Gasteiger partial charge in [0.15, 0.2) is 5.17 Å². The Morgan fingerprint density at radius 2 is 2.14 bits per heavy atom. The second-order valence-corrected chi connectivity index (χ2v) is 6.77. The maximum absolute atomic E-state index is 12.1. The van der Waals surface area contributed by atoms with Crippen molar-refractivity contribution in [3.63, 3.8) is 0 Å². The summed E-state index contributed by atoms with van der Waals surface area (Å²) in [5.41, 5.74) is 1.41. The normalized spacial score (nSPS) is 20.2. The lowest BCUT2D eigenvalue weighted by Crippen LogP contribution is -2.33. The molecule has 1 fully saturated rings. The number of nitro groups is 1. The number of carbonyl (C=O) groups excluding carboxylic acids is 1. The highest BCUT2D eigenvalue weighted by Crippen LogP contribution is 2.32. The molecule has 0 aliphatic carbocycles. The highest BCUT2D eigenvalue weighted by molar-refractivity contribution is 8.26. The van der Waals surface area contributed by atoms with E-state index < -0.39 is 4.92 Å². The molecule has 0 amide bonds. The van der Waals surface area contributed by atoms with Gasteiger partial charge < -0.3 is 4.90 Å². The molecule has 0 saturated carbocycles. The minimum atomic E-state index is -0.428. The van der Waals surface area contributed by atoms with E-state index in [1.807, 2.05) is 11.9 Å². The van der Waals surface area contributed by atoms with Crippen LogP contribution in [0.25, 0.3) is 0 Å². The van der Waals surface area contributed by atoms with Gasteiger partial charge >= 0.3 is 0 Å². The van der Waals surface area contributed by atoms with Crippen molar-refractivity contribution in [1.29, 1.82) is 0 Å². The standard InChI is InChI=1S/C15H19N3O3S/c1-9(2)7-13-14(19)22-15(17(13)4)16-12-6-5-11(18(20)21)8-10(12)3/h5-6,8-9,13H,7H2,1-4H3. The van der Waals surface area contributed by atoms with Gasteiger partial charge in [-0.05, 0) is 42.7 Å². The van der Waals surface area contributed by atoms with Crippen molar-refractivity contribution in [3.05, 3.63) is 33.9 Å². The fourth-order valence-corrected chi connectivity index (χ4v) is 3.29. The summed E-state index contributed by atoms with van der Waals surface area (Å²) in [5, 5.41) is 11.5. The van der Waals surface area contributed by atoms with E-state index in [1.54, 1.807) is 13.0 Å². The van der Waals surface area contributed by atoms with Crippen LogP contribution in [0.4, 0.5) is 11.4 Å². The molecule has 0 radical (unpaired) electrons. The summed E-state index contributed by atoms with van der Waals surface area (Å²) in [6.07, 6.45) is 0.792. The second-order valence-electron chi connectivity index (χ2n) is 5.80. The van der Waals surface area contributed by atoms with Crippen molar-refractivity contribution >= 4 is 33.4 Å². The van der Waals surface area contributed by atoms with Crippen LogP contribution in [0.1, 0.15) is 25.8 Å². The largest absolute Gasteiger partial charge is 0.343 e. The molecule has 118 valence electrons. The maximum Gasteiger partial charge on any atom is 0.269 e. The third-order valence-corrected chi connectivity index (χ3v) is 4.57. The van der Waals surface area contributed by atoms with Gasteiger partial charge in [0.2, 0.25) is 5.12 Å². The zero-order valence-electron chi connectivity index (χ0n) is 13.1. The van der Waals surface area contributed by atoms with E-state index in [0.717, 1.165) is 23.7 Å². The molecule has 1 unspecified atom stereocenters. The molecule has 1 aromatic rings. The van der Waals surface area contributed by atoms with Crippen LogP contribution < -0.4 is 0 Å². The smallest absolute Gasteiger partial charge is 0.269 e. The Morgan fingerprint density at radius 1 is 1.45 bits per heavy atom. The number of aryl methyl sites for hydroxylation is 1. The summed E-state index contributed by atoms with van der Waals surface area (Å²) in [6.45, 7) is 5.95. The predicted molar refractivity (Wildman–Crippen MR) is 88.5 cm³/mol. The average Bonchev–Trinajstić information content (AvgIpc) is 2.68. The van der Waals surface area contributed by atoms with E-state index in [-0.39, 0.29) is 16.8 Å². The van der Waals surface area contributed by atoms with Gasteiger partial charge in [0.25, 0.3) is 5.69 Å². The molecular weight excluding hydrogens is 302 g/mol. The van der Waals surface area contributed by atoms with E-state index in [4.69, 9.17) is 0 Å². The Bertz CT molecular complexity index is 643. The number of nitro benzene ring substituents is 1. The highest BCUT2D eigenvalue weighted by atomic mass is 32.2. The Balaban J connectivity index is 2.27.